The maximum atomic E-state index is 12.8. The van der Waals surface area contributed by atoms with Crippen LogP contribution in [0.4, 0.5) is 0 Å². The van der Waals surface area contributed by atoms with E-state index in [2.05, 4.69) is 4.99 Å². The number of aliphatic carboxylic acids is 1. The number of fused-ring (bicyclic) bond motifs is 1. The van der Waals surface area contributed by atoms with Gasteiger partial charge in [0.05, 0.1) is 11.5 Å². The Kier molecular flexibility index (Phi) is 5.30. The third-order valence-corrected chi connectivity index (χ3v) is 5.63. The predicted molar refractivity (Wildman–Crippen MR) is 110 cm³/mol. The summed E-state index contributed by atoms with van der Waals surface area (Å²) in [5.41, 5.74) is 3.21. The van der Waals surface area contributed by atoms with Crippen LogP contribution < -0.4 is 4.74 Å². The van der Waals surface area contributed by atoms with Gasteiger partial charge in [-0.15, -0.1) is 0 Å². The lowest BCUT2D eigenvalue weighted by Crippen LogP contribution is -2.38. The molecule has 1 saturated carbocycles. The van der Waals surface area contributed by atoms with E-state index in [0.717, 1.165) is 29.7 Å². The van der Waals surface area contributed by atoms with Gasteiger partial charge in [0.1, 0.15) is 18.1 Å². The summed E-state index contributed by atoms with van der Waals surface area (Å²) in [5.74, 6) is -1.48. The molecule has 2 aliphatic rings. The Morgan fingerprint density at radius 1 is 1.07 bits per heavy atom. The van der Waals surface area contributed by atoms with Crippen LogP contribution in [0.2, 0.25) is 0 Å². The van der Waals surface area contributed by atoms with Crippen LogP contribution in [0.1, 0.15) is 43.2 Å². The first kappa shape index (κ1) is 19.1. The van der Waals surface area contributed by atoms with Crippen LogP contribution in [0.5, 0.6) is 5.75 Å². The molecule has 29 heavy (non-hydrogen) atoms. The number of hydrogen-bond donors (Lipinski definition) is 1. The number of carboxylic acids is 1. The van der Waals surface area contributed by atoms with E-state index in [1.54, 1.807) is 6.92 Å². The van der Waals surface area contributed by atoms with E-state index in [1.165, 1.54) is 0 Å². The van der Waals surface area contributed by atoms with Crippen molar-refractivity contribution in [1.29, 1.82) is 0 Å². The molecule has 5 heteroatoms. The lowest BCUT2D eigenvalue weighted by molar-refractivity contribution is -0.133. The SMILES string of the molecule is CC1=C(C(=O)O)C(c2ccccc2OCc2ccccc2)C2C(=O)CCCC2=N1. The van der Waals surface area contributed by atoms with Crippen LogP contribution in [0.25, 0.3) is 0 Å². The fraction of sp³-hybridized carbons (Fsp3) is 0.292. The number of hydrogen-bond acceptors (Lipinski definition) is 4. The van der Waals surface area contributed by atoms with Crippen LogP contribution in [-0.2, 0) is 16.2 Å². The second-order valence-electron chi connectivity index (χ2n) is 7.49. The van der Waals surface area contributed by atoms with Gasteiger partial charge in [-0.25, -0.2) is 4.79 Å². The fourth-order valence-corrected chi connectivity index (χ4v) is 4.34. The summed E-state index contributed by atoms with van der Waals surface area (Å²) < 4.78 is 6.09. The fourth-order valence-electron chi connectivity index (χ4n) is 4.34. The van der Waals surface area contributed by atoms with Gasteiger partial charge in [0.15, 0.2) is 0 Å². The first-order chi connectivity index (χ1) is 14.1. The minimum Gasteiger partial charge on any atom is -0.489 e. The van der Waals surface area contributed by atoms with E-state index in [4.69, 9.17) is 4.74 Å². The molecule has 2 aromatic carbocycles. The van der Waals surface area contributed by atoms with Gasteiger partial charge < -0.3 is 9.84 Å². The molecule has 0 bridgehead atoms. The molecule has 5 nitrogen and oxygen atoms in total. The van der Waals surface area contributed by atoms with Crippen molar-refractivity contribution in [2.45, 2.75) is 38.7 Å². The van der Waals surface area contributed by atoms with Crippen LogP contribution in [0.15, 0.2) is 70.9 Å². The van der Waals surface area contributed by atoms with Crippen molar-refractivity contribution >= 4 is 17.5 Å². The summed E-state index contributed by atoms with van der Waals surface area (Å²) in [5, 5.41) is 9.94. The molecule has 0 radical (unpaired) electrons. The Morgan fingerprint density at radius 3 is 2.55 bits per heavy atom. The molecular weight excluding hydrogens is 366 g/mol. The summed E-state index contributed by atoms with van der Waals surface area (Å²) in [6, 6.07) is 17.2. The molecule has 0 amide bonds. The molecular formula is C24H23NO4. The summed E-state index contributed by atoms with van der Waals surface area (Å²) >= 11 is 0. The third-order valence-electron chi connectivity index (χ3n) is 5.63. The number of allylic oxidation sites excluding steroid dienone is 1. The number of aliphatic imine (C=N–C) groups is 1. The summed E-state index contributed by atoms with van der Waals surface area (Å²) in [6.45, 7) is 2.08. The number of Topliss-reactive ketones (excluding diaryl/α,β-unsaturated/α-hetero) is 1. The summed E-state index contributed by atoms with van der Waals surface area (Å²) in [6.07, 6.45) is 1.95. The highest BCUT2D eigenvalue weighted by molar-refractivity contribution is 6.11. The number of carbonyl (C=O) groups is 2. The molecule has 1 N–H and O–H groups in total. The molecule has 1 aliphatic carbocycles. The second kappa shape index (κ2) is 8.03. The molecule has 0 aromatic heterocycles. The van der Waals surface area contributed by atoms with Crippen molar-refractivity contribution in [2.75, 3.05) is 0 Å². The van der Waals surface area contributed by atoms with Crippen molar-refractivity contribution in [3.63, 3.8) is 0 Å². The summed E-state index contributed by atoms with van der Waals surface area (Å²) in [7, 11) is 0. The summed E-state index contributed by atoms with van der Waals surface area (Å²) in [4.78, 5) is 29.5. The Bertz CT molecular complexity index is 1010. The minimum absolute atomic E-state index is 0.0594. The minimum atomic E-state index is -1.04. The highest BCUT2D eigenvalue weighted by atomic mass is 16.5. The predicted octanol–water partition coefficient (Wildman–Crippen LogP) is 4.53. The van der Waals surface area contributed by atoms with Gasteiger partial charge >= 0.3 is 5.97 Å². The molecule has 0 saturated heterocycles. The van der Waals surface area contributed by atoms with Crippen molar-refractivity contribution in [3.05, 3.63) is 77.0 Å². The Labute approximate surface area is 169 Å². The molecule has 4 rings (SSSR count). The molecule has 1 aliphatic heterocycles. The molecule has 2 atom stereocenters. The van der Waals surface area contributed by atoms with Crippen molar-refractivity contribution in [1.82, 2.24) is 0 Å². The standard InChI is InChI=1S/C24H23NO4/c1-15-21(24(27)28)22(23-18(25-15)11-7-12-19(23)26)17-10-5-6-13-20(17)29-14-16-8-3-2-4-9-16/h2-6,8-10,13,22-23H,7,11-12,14H2,1H3,(H,27,28). The van der Waals surface area contributed by atoms with Gasteiger partial charge in [-0.1, -0.05) is 48.5 Å². The van der Waals surface area contributed by atoms with Crippen LogP contribution in [0, 0.1) is 5.92 Å². The number of rotatable bonds is 5. The smallest absolute Gasteiger partial charge is 0.334 e. The lowest BCUT2D eigenvalue weighted by atomic mass is 9.69. The highest BCUT2D eigenvalue weighted by Crippen LogP contribution is 2.45. The molecule has 0 spiro atoms. The normalized spacial score (nSPS) is 21.4. The van der Waals surface area contributed by atoms with Crippen LogP contribution in [-0.4, -0.2) is 22.6 Å². The first-order valence-electron chi connectivity index (χ1n) is 9.86. The van der Waals surface area contributed by atoms with Gasteiger partial charge in [0, 0.05) is 29.3 Å². The quantitative estimate of drug-likeness (QED) is 0.815. The monoisotopic (exact) mass is 389 g/mol. The average molecular weight is 389 g/mol. The van der Waals surface area contributed by atoms with Crippen LogP contribution in [0.3, 0.4) is 0 Å². The zero-order valence-electron chi connectivity index (χ0n) is 16.3. The van der Waals surface area contributed by atoms with Crippen molar-refractivity contribution in [2.24, 2.45) is 10.9 Å². The molecule has 2 unspecified atom stereocenters. The maximum absolute atomic E-state index is 12.8. The van der Waals surface area contributed by atoms with E-state index in [9.17, 15) is 14.7 Å². The zero-order valence-corrected chi connectivity index (χ0v) is 16.3. The van der Waals surface area contributed by atoms with Gasteiger partial charge in [0.25, 0.3) is 0 Å². The molecule has 1 heterocycles. The van der Waals surface area contributed by atoms with Crippen molar-refractivity contribution < 1.29 is 19.4 Å². The highest BCUT2D eigenvalue weighted by Gasteiger charge is 2.44. The Balaban J connectivity index is 1.76. The second-order valence-corrected chi connectivity index (χ2v) is 7.49. The van der Waals surface area contributed by atoms with Gasteiger partial charge in [-0.3, -0.25) is 9.79 Å². The van der Waals surface area contributed by atoms with E-state index in [1.807, 2.05) is 54.6 Å². The Hall–Kier alpha value is -3.21. The zero-order chi connectivity index (χ0) is 20.4. The lowest BCUT2D eigenvalue weighted by Gasteiger charge is -2.35. The molecule has 1 fully saturated rings. The number of carboxylic acid groups (broad SMARTS) is 1. The van der Waals surface area contributed by atoms with Crippen molar-refractivity contribution in [3.8, 4) is 5.75 Å². The average Bonchev–Trinajstić information content (AvgIpc) is 2.72. The number of nitrogens with zero attached hydrogens (tertiary/aromatic N) is 1. The van der Waals surface area contributed by atoms with Gasteiger partial charge in [-0.05, 0) is 31.4 Å². The Morgan fingerprint density at radius 2 is 1.79 bits per heavy atom. The van der Waals surface area contributed by atoms with E-state index in [0.29, 0.717) is 24.5 Å². The number of ketones is 1. The maximum Gasteiger partial charge on any atom is 0.334 e. The van der Waals surface area contributed by atoms with Gasteiger partial charge in [-0.2, -0.15) is 0 Å². The number of para-hydroxylation sites is 1. The van der Waals surface area contributed by atoms with Gasteiger partial charge in [0.2, 0.25) is 0 Å². The number of ether oxygens (including phenoxy) is 1. The molecule has 148 valence electrons. The number of carbonyl (C=O) groups excluding carboxylic acids is 1. The van der Waals surface area contributed by atoms with E-state index >= 15 is 0 Å². The van der Waals surface area contributed by atoms with E-state index in [-0.39, 0.29) is 11.4 Å². The largest absolute Gasteiger partial charge is 0.489 e. The molecule has 2 aromatic rings. The number of benzene rings is 2. The van der Waals surface area contributed by atoms with Crippen LogP contribution >= 0.6 is 0 Å². The van der Waals surface area contributed by atoms with E-state index < -0.39 is 17.8 Å². The topological polar surface area (TPSA) is 76.0 Å². The third kappa shape index (κ3) is 3.73. The first-order valence-corrected chi connectivity index (χ1v) is 9.86.